The molecule has 1 atom stereocenters. The second-order valence-corrected chi connectivity index (χ2v) is 6.69. The maximum Gasteiger partial charge on any atom is 0.0334 e. The van der Waals surface area contributed by atoms with E-state index in [2.05, 4.69) is 25.7 Å². The predicted molar refractivity (Wildman–Crippen MR) is 74.0 cm³/mol. The molecule has 0 spiro atoms. The van der Waals surface area contributed by atoms with Gasteiger partial charge in [-0.25, -0.2) is 0 Å². The van der Waals surface area contributed by atoms with Crippen LogP contribution in [0.1, 0.15) is 59.3 Å². The van der Waals surface area contributed by atoms with Gasteiger partial charge in [-0.05, 0) is 63.8 Å². The molecule has 2 aliphatic rings. The van der Waals surface area contributed by atoms with Gasteiger partial charge in [0.25, 0.3) is 0 Å². The van der Waals surface area contributed by atoms with Crippen LogP contribution in [0.2, 0.25) is 0 Å². The topological polar surface area (TPSA) is 29.3 Å². The molecule has 0 radical (unpaired) electrons. The van der Waals surface area contributed by atoms with E-state index >= 15 is 0 Å². The Labute approximate surface area is 107 Å². The summed E-state index contributed by atoms with van der Waals surface area (Å²) in [5, 5.41) is 0. The van der Waals surface area contributed by atoms with Crippen LogP contribution in [0.25, 0.3) is 0 Å². The van der Waals surface area contributed by atoms with Crippen molar-refractivity contribution < 1.29 is 0 Å². The summed E-state index contributed by atoms with van der Waals surface area (Å²) in [5.41, 5.74) is 6.51. The zero-order valence-corrected chi connectivity index (χ0v) is 11.9. The Bertz CT molecular complexity index is 241. The summed E-state index contributed by atoms with van der Waals surface area (Å²) in [6.45, 7) is 9.28. The highest BCUT2D eigenvalue weighted by Gasteiger charge is 2.42. The minimum absolute atomic E-state index is 0.349. The van der Waals surface area contributed by atoms with Gasteiger partial charge in [0.1, 0.15) is 0 Å². The molecule has 0 aromatic carbocycles. The van der Waals surface area contributed by atoms with Crippen LogP contribution in [0.3, 0.4) is 0 Å². The minimum atomic E-state index is 0.349. The second kappa shape index (κ2) is 5.27. The largest absolute Gasteiger partial charge is 0.329 e. The number of nitrogens with two attached hydrogens (primary N) is 1. The fourth-order valence-electron chi connectivity index (χ4n) is 4.09. The van der Waals surface area contributed by atoms with E-state index in [0.29, 0.717) is 5.54 Å². The van der Waals surface area contributed by atoms with Crippen LogP contribution >= 0.6 is 0 Å². The van der Waals surface area contributed by atoms with Gasteiger partial charge < -0.3 is 5.73 Å². The summed E-state index contributed by atoms with van der Waals surface area (Å²) in [6.07, 6.45) is 8.18. The molecule has 1 aliphatic heterocycles. The van der Waals surface area contributed by atoms with Crippen molar-refractivity contribution in [3.05, 3.63) is 0 Å². The van der Waals surface area contributed by atoms with E-state index in [-0.39, 0.29) is 0 Å². The monoisotopic (exact) mass is 238 g/mol. The number of rotatable bonds is 3. The fraction of sp³-hybridized carbons (Fsp3) is 1.00. The Balaban J connectivity index is 2.02. The summed E-state index contributed by atoms with van der Waals surface area (Å²) >= 11 is 0. The first-order chi connectivity index (χ1) is 8.09. The summed E-state index contributed by atoms with van der Waals surface area (Å²) in [5.74, 6) is 1.79. The average molecular weight is 238 g/mol. The van der Waals surface area contributed by atoms with Crippen LogP contribution in [0, 0.1) is 11.8 Å². The summed E-state index contributed by atoms with van der Waals surface area (Å²) < 4.78 is 0. The zero-order chi connectivity index (χ0) is 12.5. The van der Waals surface area contributed by atoms with Crippen LogP contribution in [0.4, 0.5) is 0 Å². The number of nitrogens with zero attached hydrogens (tertiary/aromatic N) is 1. The van der Waals surface area contributed by atoms with Gasteiger partial charge in [0, 0.05) is 18.1 Å². The molecule has 0 aromatic heterocycles. The highest BCUT2D eigenvalue weighted by molar-refractivity contribution is 4.99. The van der Waals surface area contributed by atoms with Crippen LogP contribution in [-0.2, 0) is 0 Å². The molecule has 17 heavy (non-hydrogen) atoms. The first-order valence-corrected chi connectivity index (χ1v) is 7.56. The van der Waals surface area contributed by atoms with Gasteiger partial charge >= 0.3 is 0 Å². The molecule has 2 nitrogen and oxygen atoms in total. The van der Waals surface area contributed by atoms with Gasteiger partial charge in [-0.3, -0.25) is 4.90 Å². The highest BCUT2D eigenvalue weighted by atomic mass is 15.2. The molecule has 1 unspecified atom stereocenters. The van der Waals surface area contributed by atoms with E-state index in [0.717, 1.165) is 24.4 Å². The van der Waals surface area contributed by atoms with Crippen LogP contribution < -0.4 is 5.73 Å². The van der Waals surface area contributed by atoms with Crippen LogP contribution in [0.5, 0.6) is 0 Å². The van der Waals surface area contributed by atoms with Gasteiger partial charge in [0.05, 0.1) is 0 Å². The van der Waals surface area contributed by atoms with E-state index in [1.807, 2.05) is 0 Å². The average Bonchev–Trinajstić information content (AvgIpc) is 2.76. The minimum Gasteiger partial charge on any atom is -0.329 e. The molecule has 1 heterocycles. The van der Waals surface area contributed by atoms with Crippen molar-refractivity contribution in [1.29, 1.82) is 0 Å². The fourth-order valence-corrected chi connectivity index (χ4v) is 4.09. The lowest BCUT2D eigenvalue weighted by Gasteiger charge is -2.48. The molecular weight excluding hydrogens is 208 g/mol. The summed E-state index contributed by atoms with van der Waals surface area (Å²) in [6, 6.07) is 0.758. The molecular formula is C15H30N2. The van der Waals surface area contributed by atoms with Crippen molar-refractivity contribution in [2.24, 2.45) is 17.6 Å². The molecule has 1 aliphatic carbocycles. The zero-order valence-electron chi connectivity index (χ0n) is 11.9. The lowest BCUT2D eigenvalue weighted by atomic mass is 9.72. The van der Waals surface area contributed by atoms with Gasteiger partial charge in [0.2, 0.25) is 0 Å². The molecule has 0 aromatic rings. The van der Waals surface area contributed by atoms with Crippen molar-refractivity contribution >= 4 is 0 Å². The van der Waals surface area contributed by atoms with Crippen LogP contribution in [0.15, 0.2) is 0 Å². The lowest BCUT2D eigenvalue weighted by Crippen LogP contribution is -2.57. The molecule has 100 valence electrons. The number of likely N-dealkylation sites (tertiary alicyclic amines) is 1. The van der Waals surface area contributed by atoms with Gasteiger partial charge in [0.15, 0.2) is 0 Å². The summed E-state index contributed by atoms with van der Waals surface area (Å²) in [7, 11) is 0. The van der Waals surface area contributed by atoms with Crippen molar-refractivity contribution in [3.63, 3.8) is 0 Å². The van der Waals surface area contributed by atoms with E-state index in [1.54, 1.807) is 0 Å². The summed E-state index contributed by atoms with van der Waals surface area (Å²) in [4.78, 5) is 2.74. The molecule has 2 heteroatoms. The van der Waals surface area contributed by atoms with Crippen LogP contribution in [-0.4, -0.2) is 29.6 Å². The van der Waals surface area contributed by atoms with E-state index in [1.165, 1.54) is 45.1 Å². The van der Waals surface area contributed by atoms with E-state index in [9.17, 15) is 0 Å². The molecule has 2 fully saturated rings. The molecule has 0 amide bonds. The van der Waals surface area contributed by atoms with E-state index < -0.39 is 0 Å². The molecule has 2 rings (SSSR count). The Hall–Kier alpha value is -0.0800. The van der Waals surface area contributed by atoms with Gasteiger partial charge in [-0.2, -0.15) is 0 Å². The Morgan fingerprint density at radius 3 is 2.29 bits per heavy atom. The second-order valence-electron chi connectivity index (χ2n) is 6.69. The molecule has 0 bridgehead atoms. The SMILES string of the molecule is CC(C)C1CCC(CN)(N2CCCC2C)CC1. The smallest absolute Gasteiger partial charge is 0.0334 e. The third-order valence-corrected chi connectivity index (χ3v) is 5.45. The van der Waals surface area contributed by atoms with Crippen molar-refractivity contribution in [2.75, 3.05) is 13.1 Å². The standard InChI is InChI=1S/C15H30N2/c1-12(2)14-6-8-15(11-16,9-7-14)17-10-4-5-13(17)3/h12-14H,4-11,16H2,1-3H3. The van der Waals surface area contributed by atoms with E-state index in [4.69, 9.17) is 5.73 Å². The normalized spacial score (nSPS) is 40.1. The van der Waals surface area contributed by atoms with Gasteiger partial charge in [-0.1, -0.05) is 13.8 Å². The van der Waals surface area contributed by atoms with Crippen molar-refractivity contribution in [1.82, 2.24) is 4.90 Å². The van der Waals surface area contributed by atoms with Crippen molar-refractivity contribution in [2.45, 2.75) is 70.9 Å². The molecule has 1 saturated heterocycles. The Morgan fingerprint density at radius 2 is 1.88 bits per heavy atom. The maximum atomic E-state index is 6.16. The Morgan fingerprint density at radius 1 is 1.24 bits per heavy atom. The quantitative estimate of drug-likeness (QED) is 0.819. The highest BCUT2D eigenvalue weighted by Crippen LogP contribution is 2.41. The third-order valence-electron chi connectivity index (χ3n) is 5.45. The molecule has 1 saturated carbocycles. The molecule has 2 N–H and O–H groups in total. The predicted octanol–water partition coefficient (Wildman–Crippen LogP) is 3.01. The third kappa shape index (κ3) is 2.53. The lowest BCUT2D eigenvalue weighted by molar-refractivity contribution is 0.0299. The first kappa shape index (κ1) is 13.4. The first-order valence-electron chi connectivity index (χ1n) is 7.56. The number of hydrogen-bond acceptors (Lipinski definition) is 2. The number of hydrogen-bond donors (Lipinski definition) is 1. The Kier molecular flexibility index (Phi) is 4.14. The van der Waals surface area contributed by atoms with Gasteiger partial charge in [-0.15, -0.1) is 0 Å². The van der Waals surface area contributed by atoms with Crippen molar-refractivity contribution in [3.8, 4) is 0 Å². The maximum absolute atomic E-state index is 6.16.